The van der Waals surface area contributed by atoms with Crippen molar-refractivity contribution >= 4 is 17.2 Å². The molecule has 19 heavy (non-hydrogen) atoms. The third kappa shape index (κ3) is 3.32. The first kappa shape index (κ1) is 14.0. The highest BCUT2D eigenvalue weighted by molar-refractivity contribution is 6.30. The minimum atomic E-state index is -0.255. The number of rotatable bonds is 3. The Bertz CT molecular complexity index is 545. The van der Waals surface area contributed by atoms with Gasteiger partial charge in [0.1, 0.15) is 6.04 Å². The molecule has 2 rings (SSSR count). The zero-order valence-corrected chi connectivity index (χ0v) is 12.1. The van der Waals surface area contributed by atoms with Gasteiger partial charge in [-0.25, -0.2) is 0 Å². The Morgan fingerprint density at radius 1 is 1.47 bits per heavy atom. The van der Waals surface area contributed by atoms with Crippen molar-refractivity contribution < 1.29 is 0 Å². The smallest absolute Gasteiger partial charge is 0.111 e. The highest BCUT2D eigenvalue weighted by atomic mass is 35.5. The van der Waals surface area contributed by atoms with Crippen LogP contribution in [0.2, 0.25) is 5.02 Å². The van der Waals surface area contributed by atoms with E-state index in [-0.39, 0.29) is 11.5 Å². The molecule has 1 atom stereocenters. The fourth-order valence-corrected chi connectivity index (χ4v) is 2.83. The van der Waals surface area contributed by atoms with E-state index in [0.717, 1.165) is 29.6 Å². The zero-order chi connectivity index (χ0) is 14.0. The first-order valence-corrected chi connectivity index (χ1v) is 6.77. The van der Waals surface area contributed by atoms with Gasteiger partial charge in [0.15, 0.2) is 0 Å². The second-order valence-electron chi connectivity index (χ2n) is 5.90. The maximum absolute atomic E-state index is 10.9. The zero-order valence-electron chi connectivity index (χ0n) is 11.3. The summed E-state index contributed by atoms with van der Waals surface area (Å²) in [6, 6.07) is 7.38. The molecule has 0 amide bonds. The van der Waals surface area contributed by atoms with E-state index in [2.05, 4.69) is 25.6 Å². The molecule has 0 N–H and O–H groups in total. The average Bonchev–Trinajstić information content (AvgIpc) is 2.36. The van der Waals surface area contributed by atoms with E-state index in [1.165, 1.54) is 0 Å². The molecule has 1 aromatic rings. The summed E-state index contributed by atoms with van der Waals surface area (Å²) in [5, 5.41) is 3.89. The van der Waals surface area contributed by atoms with Gasteiger partial charge in [-0.3, -0.25) is 0 Å². The van der Waals surface area contributed by atoms with Crippen molar-refractivity contribution in [2.45, 2.75) is 32.7 Å². The molecular formula is C16H18ClNO. The van der Waals surface area contributed by atoms with Gasteiger partial charge in [0.25, 0.3) is 0 Å². The van der Waals surface area contributed by atoms with Crippen molar-refractivity contribution in [2.75, 3.05) is 0 Å². The lowest BCUT2D eigenvalue weighted by molar-refractivity contribution is 0.306. The summed E-state index contributed by atoms with van der Waals surface area (Å²) in [6.07, 6.45) is 3.65. The number of nitroso groups, excluding NO2 is 1. The number of hydrogen-bond acceptors (Lipinski definition) is 2. The molecule has 0 fully saturated rings. The minimum Gasteiger partial charge on any atom is -0.150 e. The van der Waals surface area contributed by atoms with Gasteiger partial charge >= 0.3 is 0 Å². The van der Waals surface area contributed by atoms with E-state index in [1.807, 2.05) is 30.3 Å². The second-order valence-corrected chi connectivity index (χ2v) is 6.34. The van der Waals surface area contributed by atoms with Crippen molar-refractivity contribution in [2.24, 2.45) is 10.6 Å². The van der Waals surface area contributed by atoms with E-state index in [1.54, 1.807) is 0 Å². The Morgan fingerprint density at radius 2 is 2.21 bits per heavy atom. The van der Waals surface area contributed by atoms with Crippen molar-refractivity contribution in [3.8, 4) is 0 Å². The molecule has 0 bridgehead atoms. The third-order valence-corrected chi connectivity index (χ3v) is 3.76. The quantitative estimate of drug-likeness (QED) is 0.694. The number of benzene rings is 1. The highest BCUT2D eigenvalue weighted by Gasteiger charge is 2.30. The predicted molar refractivity (Wildman–Crippen MR) is 81.2 cm³/mol. The van der Waals surface area contributed by atoms with Gasteiger partial charge in [0, 0.05) is 5.02 Å². The van der Waals surface area contributed by atoms with Gasteiger partial charge in [0.2, 0.25) is 0 Å². The van der Waals surface area contributed by atoms with Crippen LogP contribution in [0.4, 0.5) is 0 Å². The van der Waals surface area contributed by atoms with Gasteiger partial charge in [0.05, 0.1) is 0 Å². The number of hydrogen-bond donors (Lipinski definition) is 0. The van der Waals surface area contributed by atoms with E-state index >= 15 is 0 Å². The molecule has 0 heterocycles. The molecule has 0 spiro atoms. The monoisotopic (exact) mass is 275 g/mol. The lowest BCUT2D eigenvalue weighted by Gasteiger charge is -2.32. The fraction of sp³-hybridized carbons (Fsp3) is 0.375. The lowest BCUT2D eigenvalue weighted by Crippen LogP contribution is -2.24. The topological polar surface area (TPSA) is 29.4 Å². The second kappa shape index (κ2) is 5.30. The van der Waals surface area contributed by atoms with Crippen molar-refractivity contribution in [3.05, 3.63) is 58.0 Å². The molecule has 100 valence electrons. The Morgan fingerprint density at radius 3 is 2.84 bits per heavy atom. The summed E-state index contributed by atoms with van der Waals surface area (Å²) < 4.78 is 0. The Labute approximate surface area is 119 Å². The van der Waals surface area contributed by atoms with E-state index in [4.69, 9.17) is 11.6 Å². The molecule has 0 saturated heterocycles. The van der Waals surface area contributed by atoms with E-state index in [9.17, 15) is 4.91 Å². The molecule has 1 aliphatic rings. The van der Waals surface area contributed by atoms with Gasteiger partial charge in [-0.05, 0) is 47.1 Å². The lowest BCUT2D eigenvalue weighted by atomic mass is 9.73. The summed E-state index contributed by atoms with van der Waals surface area (Å²) in [5.41, 5.74) is 3.11. The van der Waals surface area contributed by atoms with Crippen LogP contribution in [0.3, 0.4) is 0 Å². The fourth-order valence-electron chi connectivity index (χ4n) is 2.64. The molecule has 1 unspecified atom stereocenters. The SMILES string of the molecule is C=C(C1=CC(N=O)CC(C)(C)C1)c1cccc(Cl)c1. The number of allylic oxidation sites excluding steroid dienone is 2. The summed E-state index contributed by atoms with van der Waals surface area (Å²) in [5.74, 6) is 0. The van der Waals surface area contributed by atoms with Gasteiger partial charge in [-0.15, -0.1) is 0 Å². The van der Waals surface area contributed by atoms with Crippen molar-refractivity contribution in [1.82, 2.24) is 0 Å². The van der Waals surface area contributed by atoms with Crippen LogP contribution < -0.4 is 0 Å². The largest absolute Gasteiger partial charge is 0.150 e. The number of halogens is 1. The van der Waals surface area contributed by atoms with Crippen LogP contribution in [0.1, 0.15) is 32.3 Å². The number of nitrogens with zero attached hydrogens (tertiary/aromatic N) is 1. The molecule has 0 aliphatic heterocycles. The average molecular weight is 276 g/mol. The van der Waals surface area contributed by atoms with Crippen LogP contribution in [0.5, 0.6) is 0 Å². The molecule has 0 saturated carbocycles. The maximum atomic E-state index is 10.9. The Kier molecular flexibility index (Phi) is 3.91. The van der Waals surface area contributed by atoms with Crippen LogP contribution >= 0.6 is 11.6 Å². The molecule has 1 aliphatic carbocycles. The van der Waals surface area contributed by atoms with E-state index < -0.39 is 0 Å². The van der Waals surface area contributed by atoms with Crippen LogP contribution in [0.15, 0.2) is 47.7 Å². The van der Waals surface area contributed by atoms with Gasteiger partial charge in [-0.1, -0.05) is 55.4 Å². The first-order valence-electron chi connectivity index (χ1n) is 6.40. The van der Waals surface area contributed by atoms with Crippen LogP contribution in [-0.4, -0.2) is 6.04 Å². The Hall–Kier alpha value is -1.41. The molecule has 2 nitrogen and oxygen atoms in total. The van der Waals surface area contributed by atoms with Crippen molar-refractivity contribution in [3.63, 3.8) is 0 Å². The summed E-state index contributed by atoms with van der Waals surface area (Å²) in [7, 11) is 0. The molecule has 1 aromatic carbocycles. The van der Waals surface area contributed by atoms with Gasteiger partial charge < -0.3 is 0 Å². The predicted octanol–water partition coefficient (Wildman–Crippen LogP) is 5.23. The van der Waals surface area contributed by atoms with Gasteiger partial charge in [-0.2, -0.15) is 4.91 Å². The van der Waals surface area contributed by atoms with E-state index in [0.29, 0.717) is 5.02 Å². The third-order valence-electron chi connectivity index (χ3n) is 3.52. The molecule has 0 aromatic heterocycles. The molecular weight excluding hydrogens is 258 g/mol. The first-order chi connectivity index (χ1) is 8.91. The summed E-state index contributed by atoms with van der Waals surface area (Å²) in [6.45, 7) is 8.47. The highest BCUT2D eigenvalue weighted by Crippen LogP contribution is 2.41. The standard InChI is InChI=1S/C16H18ClNO/c1-11(12-5-4-6-14(17)7-12)13-8-15(18-19)10-16(2,3)9-13/h4-8,15H,1,9-10H2,2-3H3. The molecule has 3 heteroatoms. The van der Waals surface area contributed by atoms with Crippen LogP contribution in [0.25, 0.3) is 5.57 Å². The van der Waals surface area contributed by atoms with Crippen LogP contribution in [0, 0.1) is 10.3 Å². The van der Waals surface area contributed by atoms with Crippen LogP contribution in [-0.2, 0) is 0 Å². The summed E-state index contributed by atoms with van der Waals surface area (Å²) >= 11 is 6.01. The molecule has 0 radical (unpaired) electrons. The van der Waals surface area contributed by atoms with Crippen molar-refractivity contribution in [1.29, 1.82) is 0 Å². The Balaban J connectivity index is 2.32. The normalized spacial score (nSPS) is 21.6. The maximum Gasteiger partial charge on any atom is 0.111 e. The minimum absolute atomic E-state index is 0.0736. The summed E-state index contributed by atoms with van der Waals surface area (Å²) in [4.78, 5) is 10.9.